The Bertz CT molecular complexity index is 959. The van der Waals surface area contributed by atoms with Gasteiger partial charge in [0, 0.05) is 14.1 Å². The van der Waals surface area contributed by atoms with E-state index in [0.717, 1.165) is 35.2 Å². The van der Waals surface area contributed by atoms with Crippen LogP contribution in [0, 0.1) is 5.92 Å². The average Bonchev–Trinajstić information content (AvgIpc) is 3.05. The van der Waals surface area contributed by atoms with E-state index in [9.17, 15) is 0 Å². The number of hydrogen-bond donors (Lipinski definition) is 2. The lowest BCUT2D eigenvalue weighted by Gasteiger charge is -2.19. The first kappa shape index (κ1) is 20.7. The van der Waals surface area contributed by atoms with E-state index in [4.69, 9.17) is 9.72 Å². The molecule has 0 saturated heterocycles. The molecule has 0 aliphatic carbocycles. The van der Waals surface area contributed by atoms with Crippen LogP contribution >= 0.6 is 0 Å². The molecule has 0 fully saturated rings. The number of nitrogens with one attached hydrogen (secondary N) is 2. The van der Waals surface area contributed by atoms with E-state index in [1.165, 1.54) is 5.56 Å². The molecule has 0 bridgehead atoms. The minimum atomic E-state index is 0.112. The Balaban J connectivity index is 1.58. The van der Waals surface area contributed by atoms with Crippen molar-refractivity contribution in [3.05, 3.63) is 59.9 Å². The number of imidazole rings is 1. The lowest BCUT2D eigenvalue weighted by Crippen LogP contribution is -2.38. The third kappa shape index (κ3) is 5.28. The van der Waals surface area contributed by atoms with E-state index in [-0.39, 0.29) is 6.04 Å². The molecule has 1 atom stereocenters. The van der Waals surface area contributed by atoms with Crippen molar-refractivity contribution < 1.29 is 4.74 Å². The van der Waals surface area contributed by atoms with Gasteiger partial charge in [-0.05, 0) is 42.7 Å². The van der Waals surface area contributed by atoms with E-state index in [1.54, 1.807) is 7.05 Å². The van der Waals surface area contributed by atoms with Gasteiger partial charge in [-0.3, -0.25) is 4.99 Å². The predicted molar refractivity (Wildman–Crippen MR) is 119 cm³/mol. The molecule has 0 spiro atoms. The number of benzene rings is 2. The molecular formula is C23H31N5O. The lowest BCUT2D eigenvalue weighted by molar-refractivity contribution is 0.271. The third-order valence-electron chi connectivity index (χ3n) is 4.83. The SMILES string of the molecule is CN=C(NCc1nc2ccccc2n1C)NC(C)c1ccc(OCC(C)C)cc1. The second-order valence-electron chi connectivity index (χ2n) is 7.64. The molecule has 0 aliphatic heterocycles. The fourth-order valence-electron chi connectivity index (χ4n) is 3.11. The van der Waals surface area contributed by atoms with Gasteiger partial charge < -0.3 is 19.9 Å². The van der Waals surface area contributed by atoms with Gasteiger partial charge in [0.2, 0.25) is 0 Å². The van der Waals surface area contributed by atoms with Crippen molar-refractivity contribution >= 4 is 17.0 Å². The highest BCUT2D eigenvalue weighted by Gasteiger charge is 2.11. The van der Waals surface area contributed by atoms with Gasteiger partial charge in [-0.15, -0.1) is 0 Å². The molecule has 3 aromatic rings. The summed E-state index contributed by atoms with van der Waals surface area (Å²) >= 11 is 0. The zero-order chi connectivity index (χ0) is 20.8. The average molecular weight is 394 g/mol. The molecule has 6 heteroatoms. The monoisotopic (exact) mass is 393 g/mol. The summed E-state index contributed by atoms with van der Waals surface area (Å²) < 4.78 is 7.87. The number of guanidine groups is 1. The highest BCUT2D eigenvalue weighted by Crippen LogP contribution is 2.18. The summed E-state index contributed by atoms with van der Waals surface area (Å²) in [4.78, 5) is 9.05. The Labute approximate surface area is 173 Å². The number of para-hydroxylation sites is 2. The van der Waals surface area contributed by atoms with Crippen molar-refractivity contribution in [2.75, 3.05) is 13.7 Å². The number of fused-ring (bicyclic) bond motifs is 1. The van der Waals surface area contributed by atoms with Crippen LogP contribution in [-0.4, -0.2) is 29.2 Å². The van der Waals surface area contributed by atoms with Crippen LogP contribution in [0.3, 0.4) is 0 Å². The molecule has 29 heavy (non-hydrogen) atoms. The highest BCUT2D eigenvalue weighted by molar-refractivity contribution is 5.80. The van der Waals surface area contributed by atoms with Gasteiger partial charge in [0.15, 0.2) is 5.96 Å². The summed E-state index contributed by atoms with van der Waals surface area (Å²) in [6.07, 6.45) is 0. The summed E-state index contributed by atoms with van der Waals surface area (Å²) in [5.41, 5.74) is 3.30. The van der Waals surface area contributed by atoms with Crippen molar-refractivity contribution in [3.8, 4) is 5.75 Å². The van der Waals surface area contributed by atoms with Gasteiger partial charge in [-0.1, -0.05) is 38.1 Å². The van der Waals surface area contributed by atoms with Crippen molar-refractivity contribution in [2.24, 2.45) is 18.0 Å². The molecule has 1 aromatic heterocycles. The number of aromatic nitrogens is 2. The maximum absolute atomic E-state index is 5.76. The van der Waals surface area contributed by atoms with Crippen molar-refractivity contribution in [2.45, 2.75) is 33.4 Å². The Kier molecular flexibility index (Phi) is 6.75. The summed E-state index contributed by atoms with van der Waals surface area (Å²) in [5.74, 6) is 3.12. The first-order valence-corrected chi connectivity index (χ1v) is 10.1. The molecule has 0 saturated carbocycles. The molecule has 0 radical (unpaired) electrons. The Morgan fingerprint density at radius 2 is 1.83 bits per heavy atom. The van der Waals surface area contributed by atoms with Crippen molar-refractivity contribution in [1.29, 1.82) is 0 Å². The van der Waals surface area contributed by atoms with Gasteiger partial charge in [-0.25, -0.2) is 4.98 Å². The van der Waals surface area contributed by atoms with Crippen LogP contribution in [0.15, 0.2) is 53.5 Å². The Hall–Kier alpha value is -3.02. The van der Waals surface area contributed by atoms with Crippen LogP contribution in [0.2, 0.25) is 0 Å². The maximum Gasteiger partial charge on any atom is 0.191 e. The third-order valence-corrected chi connectivity index (χ3v) is 4.83. The molecule has 2 N–H and O–H groups in total. The first-order valence-electron chi connectivity index (χ1n) is 10.1. The van der Waals surface area contributed by atoms with E-state index in [2.05, 4.69) is 59.2 Å². The molecule has 0 amide bonds. The quantitative estimate of drug-likeness (QED) is 0.470. The van der Waals surface area contributed by atoms with Gasteiger partial charge in [-0.2, -0.15) is 0 Å². The number of hydrogen-bond acceptors (Lipinski definition) is 3. The number of aliphatic imine (C=N–C) groups is 1. The van der Waals surface area contributed by atoms with Crippen LogP contribution in [0.4, 0.5) is 0 Å². The van der Waals surface area contributed by atoms with Crippen LogP contribution in [0.25, 0.3) is 11.0 Å². The molecule has 6 nitrogen and oxygen atoms in total. The van der Waals surface area contributed by atoms with Gasteiger partial charge >= 0.3 is 0 Å². The second kappa shape index (κ2) is 9.45. The summed E-state index contributed by atoms with van der Waals surface area (Å²) in [6, 6.07) is 16.5. The van der Waals surface area contributed by atoms with Crippen LogP contribution in [-0.2, 0) is 13.6 Å². The largest absolute Gasteiger partial charge is 0.493 e. The topological polar surface area (TPSA) is 63.5 Å². The van der Waals surface area contributed by atoms with Crippen LogP contribution < -0.4 is 15.4 Å². The van der Waals surface area contributed by atoms with Gasteiger partial charge in [0.05, 0.1) is 30.2 Å². The standard InChI is InChI=1S/C23H31N5O/c1-16(2)15-29-19-12-10-18(11-13-19)17(3)26-23(24-4)25-14-22-27-20-8-6-7-9-21(20)28(22)5/h6-13,16-17H,14-15H2,1-5H3,(H2,24,25,26). The fraction of sp³-hybridized carbons (Fsp3) is 0.391. The number of ether oxygens (including phenoxy) is 1. The molecule has 0 aliphatic rings. The molecule has 1 unspecified atom stereocenters. The summed E-state index contributed by atoms with van der Waals surface area (Å²) in [7, 11) is 3.81. The van der Waals surface area contributed by atoms with E-state index < -0.39 is 0 Å². The second-order valence-corrected chi connectivity index (χ2v) is 7.64. The van der Waals surface area contributed by atoms with Crippen molar-refractivity contribution in [1.82, 2.24) is 20.2 Å². The van der Waals surface area contributed by atoms with Crippen LogP contribution in [0.5, 0.6) is 5.75 Å². The normalized spacial score (nSPS) is 13.0. The van der Waals surface area contributed by atoms with Gasteiger partial charge in [0.1, 0.15) is 11.6 Å². The van der Waals surface area contributed by atoms with Gasteiger partial charge in [0.25, 0.3) is 0 Å². The zero-order valence-electron chi connectivity index (χ0n) is 17.9. The fourth-order valence-corrected chi connectivity index (χ4v) is 3.11. The summed E-state index contributed by atoms with van der Waals surface area (Å²) in [6.45, 7) is 7.73. The number of nitrogens with zero attached hydrogens (tertiary/aromatic N) is 3. The highest BCUT2D eigenvalue weighted by atomic mass is 16.5. The van der Waals surface area contributed by atoms with Crippen LogP contribution in [0.1, 0.15) is 38.2 Å². The zero-order valence-corrected chi connectivity index (χ0v) is 17.9. The minimum Gasteiger partial charge on any atom is -0.493 e. The Morgan fingerprint density at radius 1 is 1.10 bits per heavy atom. The molecule has 2 aromatic carbocycles. The van der Waals surface area contributed by atoms with E-state index in [0.29, 0.717) is 12.5 Å². The van der Waals surface area contributed by atoms with E-state index in [1.807, 2.05) is 37.4 Å². The smallest absolute Gasteiger partial charge is 0.191 e. The number of aryl methyl sites for hydroxylation is 1. The van der Waals surface area contributed by atoms with E-state index >= 15 is 0 Å². The number of rotatable bonds is 7. The predicted octanol–water partition coefficient (Wildman–Crippen LogP) is 4.03. The molecule has 3 rings (SSSR count). The summed E-state index contributed by atoms with van der Waals surface area (Å²) in [5, 5.41) is 6.80. The minimum absolute atomic E-state index is 0.112. The molecular weight excluding hydrogens is 362 g/mol. The van der Waals surface area contributed by atoms with Crippen molar-refractivity contribution in [3.63, 3.8) is 0 Å². The Morgan fingerprint density at radius 3 is 2.48 bits per heavy atom. The lowest BCUT2D eigenvalue weighted by atomic mass is 10.1. The molecule has 154 valence electrons. The first-order chi connectivity index (χ1) is 14.0. The molecule has 1 heterocycles. The maximum atomic E-state index is 5.76.